The lowest BCUT2D eigenvalue weighted by molar-refractivity contribution is 0.692. The number of halogens is 1. The van der Waals surface area contributed by atoms with Crippen LogP contribution in [-0.2, 0) is 10.0 Å². The number of hydrogen-bond donors (Lipinski definition) is 0. The van der Waals surface area contributed by atoms with Crippen molar-refractivity contribution in [2.75, 3.05) is 0 Å². The van der Waals surface area contributed by atoms with E-state index in [1.165, 1.54) is 16.9 Å². The number of fused-ring (bicyclic) bond motifs is 1. The summed E-state index contributed by atoms with van der Waals surface area (Å²) in [6, 6.07) is 8.03. The lowest BCUT2D eigenvalue weighted by Gasteiger charge is -1.89. The quantitative estimate of drug-likeness (QED) is 0.686. The molecular formula is C9H7ClOS2. The van der Waals surface area contributed by atoms with E-state index < -0.39 is 10.0 Å². The normalized spacial score (nSPS) is 13.4. The van der Waals surface area contributed by atoms with Gasteiger partial charge in [0.1, 0.15) is 4.21 Å². The predicted molar refractivity (Wildman–Crippen MR) is 58.8 cm³/mol. The minimum atomic E-state index is -1.38. The molecule has 2 rings (SSSR count). The lowest BCUT2D eigenvalue weighted by atomic mass is 10.2. The molecule has 0 aliphatic rings. The molecule has 1 aromatic carbocycles. The van der Waals surface area contributed by atoms with Crippen molar-refractivity contribution in [1.29, 1.82) is 0 Å². The number of aryl methyl sites for hydroxylation is 1. The SMILES string of the molecule is Cc1ccc2sc(S(=O)Cl)cc2c1. The Morgan fingerprint density at radius 2 is 2.15 bits per heavy atom. The maximum absolute atomic E-state index is 11.0. The van der Waals surface area contributed by atoms with Gasteiger partial charge in [-0.25, -0.2) is 4.21 Å². The fraction of sp³-hybridized carbons (Fsp3) is 0.111. The second kappa shape index (κ2) is 3.40. The van der Waals surface area contributed by atoms with E-state index in [0.29, 0.717) is 0 Å². The maximum atomic E-state index is 11.0. The molecular weight excluding hydrogens is 224 g/mol. The Balaban J connectivity index is 2.68. The van der Waals surface area contributed by atoms with E-state index >= 15 is 0 Å². The van der Waals surface area contributed by atoms with Crippen LogP contribution >= 0.6 is 22.0 Å². The summed E-state index contributed by atoms with van der Waals surface area (Å²) in [6.07, 6.45) is 0. The third kappa shape index (κ3) is 1.77. The van der Waals surface area contributed by atoms with Crippen molar-refractivity contribution in [2.45, 2.75) is 11.1 Å². The van der Waals surface area contributed by atoms with Gasteiger partial charge in [0.2, 0.25) is 0 Å². The molecule has 13 heavy (non-hydrogen) atoms. The van der Waals surface area contributed by atoms with Gasteiger partial charge < -0.3 is 0 Å². The van der Waals surface area contributed by atoms with Crippen LogP contribution in [-0.4, -0.2) is 4.21 Å². The topological polar surface area (TPSA) is 17.1 Å². The van der Waals surface area contributed by atoms with Crippen molar-refractivity contribution >= 4 is 42.1 Å². The van der Waals surface area contributed by atoms with Crippen molar-refractivity contribution in [1.82, 2.24) is 0 Å². The highest BCUT2D eigenvalue weighted by Crippen LogP contribution is 2.29. The molecule has 0 radical (unpaired) electrons. The van der Waals surface area contributed by atoms with Crippen LogP contribution in [0.4, 0.5) is 0 Å². The standard InChI is InChI=1S/C9H7ClOS2/c1-6-2-3-8-7(4-6)5-9(12-8)13(10)11/h2-5H,1H3. The minimum absolute atomic E-state index is 0.724. The van der Waals surface area contributed by atoms with Crippen molar-refractivity contribution < 1.29 is 4.21 Å². The Hall–Kier alpha value is -0.380. The van der Waals surface area contributed by atoms with Gasteiger partial charge in [0.25, 0.3) is 0 Å². The summed E-state index contributed by atoms with van der Waals surface area (Å²) in [7, 11) is 4.12. The zero-order valence-electron chi connectivity index (χ0n) is 6.91. The number of hydrogen-bond acceptors (Lipinski definition) is 2. The van der Waals surface area contributed by atoms with E-state index in [9.17, 15) is 4.21 Å². The number of rotatable bonds is 1. The van der Waals surface area contributed by atoms with Gasteiger partial charge in [-0.2, -0.15) is 0 Å². The van der Waals surface area contributed by atoms with Crippen molar-refractivity contribution in [3.63, 3.8) is 0 Å². The molecule has 0 amide bonds. The molecule has 0 fully saturated rings. The van der Waals surface area contributed by atoms with E-state index in [1.54, 1.807) is 0 Å². The van der Waals surface area contributed by atoms with Crippen molar-refractivity contribution in [2.24, 2.45) is 0 Å². The van der Waals surface area contributed by atoms with Crippen LogP contribution in [0.3, 0.4) is 0 Å². The monoisotopic (exact) mass is 230 g/mol. The van der Waals surface area contributed by atoms with Gasteiger partial charge in [-0.15, -0.1) is 11.3 Å². The molecule has 0 aliphatic carbocycles. The second-order valence-electron chi connectivity index (χ2n) is 2.83. The number of benzene rings is 1. The fourth-order valence-electron chi connectivity index (χ4n) is 1.22. The molecule has 1 heterocycles. The molecule has 1 aromatic heterocycles. The molecule has 2 aromatic rings. The third-order valence-corrected chi connectivity index (χ3v) is 4.63. The van der Waals surface area contributed by atoms with Gasteiger partial charge in [0.15, 0.2) is 10.0 Å². The van der Waals surface area contributed by atoms with E-state index in [-0.39, 0.29) is 0 Å². The minimum Gasteiger partial charge on any atom is -0.236 e. The molecule has 0 spiro atoms. The maximum Gasteiger partial charge on any atom is 0.157 e. The first-order valence-corrected chi connectivity index (χ1v) is 6.54. The second-order valence-corrected chi connectivity index (χ2v) is 5.90. The highest BCUT2D eigenvalue weighted by molar-refractivity contribution is 8.09. The zero-order valence-corrected chi connectivity index (χ0v) is 9.30. The molecule has 68 valence electrons. The van der Waals surface area contributed by atoms with Gasteiger partial charge in [-0.3, -0.25) is 0 Å². The van der Waals surface area contributed by atoms with Gasteiger partial charge in [-0.1, -0.05) is 17.7 Å². The molecule has 0 bridgehead atoms. The summed E-state index contributed by atoms with van der Waals surface area (Å²) < 4.78 is 12.8. The molecule has 1 atom stereocenters. The van der Waals surface area contributed by atoms with Gasteiger partial charge in [-0.05, 0) is 35.1 Å². The van der Waals surface area contributed by atoms with Crippen LogP contribution in [0, 0.1) is 6.92 Å². The van der Waals surface area contributed by atoms with Crippen LogP contribution in [0.15, 0.2) is 28.5 Å². The molecule has 0 aliphatic heterocycles. The highest BCUT2D eigenvalue weighted by atomic mass is 35.7. The Kier molecular flexibility index (Phi) is 2.41. The Morgan fingerprint density at radius 3 is 2.85 bits per heavy atom. The van der Waals surface area contributed by atoms with Crippen LogP contribution < -0.4 is 0 Å². The Labute approximate surface area is 87.3 Å². The van der Waals surface area contributed by atoms with E-state index in [2.05, 4.69) is 6.07 Å². The summed E-state index contributed by atoms with van der Waals surface area (Å²) in [6.45, 7) is 2.04. The molecule has 0 saturated carbocycles. The first-order valence-electron chi connectivity index (χ1n) is 3.75. The van der Waals surface area contributed by atoms with Crippen LogP contribution in [0.1, 0.15) is 5.56 Å². The smallest absolute Gasteiger partial charge is 0.157 e. The Morgan fingerprint density at radius 1 is 1.38 bits per heavy atom. The van der Waals surface area contributed by atoms with Gasteiger partial charge in [0, 0.05) is 4.70 Å². The Bertz CT molecular complexity index is 475. The van der Waals surface area contributed by atoms with Gasteiger partial charge >= 0.3 is 0 Å². The third-order valence-electron chi connectivity index (χ3n) is 1.81. The fourth-order valence-corrected chi connectivity index (χ4v) is 3.16. The van der Waals surface area contributed by atoms with E-state index in [1.807, 2.05) is 25.1 Å². The van der Waals surface area contributed by atoms with Crippen LogP contribution in [0.25, 0.3) is 10.1 Å². The summed E-state index contributed by atoms with van der Waals surface area (Å²) >= 11 is 1.48. The first kappa shape index (κ1) is 9.19. The lowest BCUT2D eigenvalue weighted by Crippen LogP contribution is -1.70. The average molecular weight is 231 g/mol. The predicted octanol–water partition coefficient (Wildman–Crippen LogP) is 3.47. The molecule has 1 nitrogen and oxygen atoms in total. The zero-order chi connectivity index (χ0) is 9.42. The molecule has 4 heteroatoms. The largest absolute Gasteiger partial charge is 0.236 e. The van der Waals surface area contributed by atoms with Crippen LogP contribution in [0.2, 0.25) is 0 Å². The molecule has 1 unspecified atom stereocenters. The highest BCUT2D eigenvalue weighted by Gasteiger charge is 2.05. The molecule has 0 saturated heterocycles. The average Bonchev–Trinajstić information content (AvgIpc) is 2.46. The van der Waals surface area contributed by atoms with E-state index in [4.69, 9.17) is 10.7 Å². The van der Waals surface area contributed by atoms with Gasteiger partial charge in [0.05, 0.1) is 0 Å². The summed E-state index contributed by atoms with van der Waals surface area (Å²) in [5, 5.41) is 1.12. The first-order chi connectivity index (χ1) is 6.16. The van der Waals surface area contributed by atoms with Crippen molar-refractivity contribution in [3.8, 4) is 0 Å². The summed E-state index contributed by atoms with van der Waals surface area (Å²) in [4.78, 5) is 0. The van der Waals surface area contributed by atoms with Crippen LogP contribution in [0.5, 0.6) is 0 Å². The molecule has 0 N–H and O–H groups in total. The summed E-state index contributed by atoms with van der Waals surface area (Å²) in [5.74, 6) is 0. The van der Waals surface area contributed by atoms with Crippen molar-refractivity contribution in [3.05, 3.63) is 29.8 Å². The number of thiophene rings is 1. The summed E-state index contributed by atoms with van der Waals surface area (Å²) in [5.41, 5.74) is 1.21. The van der Waals surface area contributed by atoms with E-state index in [0.717, 1.165) is 14.3 Å².